The summed E-state index contributed by atoms with van der Waals surface area (Å²) in [5.41, 5.74) is 12.3. The lowest BCUT2D eigenvalue weighted by molar-refractivity contribution is 0.259. The van der Waals surface area contributed by atoms with Crippen LogP contribution in [0.2, 0.25) is 0 Å². The molecule has 0 unspecified atom stereocenters. The highest BCUT2D eigenvalue weighted by Crippen LogP contribution is 2.27. The molecule has 2 amide bonds. The van der Waals surface area contributed by atoms with Crippen LogP contribution in [-0.2, 0) is 0 Å². The Bertz CT molecular complexity index is 521. The van der Waals surface area contributed by atoms with Gasteiger partial charge in [-0.25, -0.2) is 4.79 Å². The maximum atomic E-state index is 10.8. The molecule has 1 aromatic heterocycles. The molecule has 6 nitrogen and oxygen atoms in total. The number of carbonyl (C=O) groups excluding carboxylic acids is 1. The number of aromatic nitrogens is 1. The summed E-state index contributed by atoms with van der Waals surface area (Å²) in [6.07, 6.45) is 0. The van der Waals surface area contributed by atoms with Crippen molar-refractivity contribution < 1.29 is 9.32 Å². The third-order valence-corrected chi connectivity index (χ3v) is 1.99. The molecule has 0 saturated heterocycles. The van der Waals surface area contributed by atoms with Gasteiger partial charge in [0.15, 0.2) is 0 Å². The summed E-state index contributed by atoms with van der Waals surface area (Å²) in [6, 6.07) is 8.02. The second kappa shape index (κ2) is 3.93. The summed E-state index contributed by atoms with van der Waals surface area (Å²) >= 11 is 0. The monoisotopic (exact) mass is 218 g/mol. The Balaban J connectivity index is 2.43. The van der Waals surface area contributed by atoms with Crippen molar-refractivity contribution in [2.45, 2.75) is 0 Å². The van der Waals surface area contributed by atoms with E-state index in [1.807, 2.05) is 6.07 Å². The third kappa shape index (κ3) is 1.95. The van der Waals surface area contributed by atoms with Gasteiger partial charge in [0.25, 0.3) is 0 Å². The molecule has 0 aliphatic carbocycles. The number of para-hydroxylation sites is 1. The van der Waals surface area contributed by atoms with E-state index in [9.17, 15) is 4.79 Å². The highest BCUT2D eigenvalue weighted by atomic mass is 16.5. The largest absolute Gasteiger partial charge is 0.368 e. The van der Waals surface area contributed by atoms with Gasteiger partial charge in [0, 0.05) is 11.6 Å². The molecule has 0 radical (unpaired) electrons. The zero-order chi connectivity index (χ0) is 11.5. The van der Waals surface area contributed by atoms with Crippen LogP contribution in [0.4, 0.5) is 16.4 Å². The smallest absolute Gasteiger partial charge is 0.316 e. The Labute approximate surface area is 91.2 Å². The molecule has 16 heavy (non-hydrogen) atoms. The van der Waals surface area contributed by atoms with Crippen LogP contribution in [0.1, 0.15) is 0 Å². The van der Waals surface area contributed by atoms with Crippen LogP contribution >= 0.6 is 0 Å². The Morgan fingerprint density at radius 2 is 2.12 bits per heavy atom. The quantitative estimate of drug-likeness (QED) is 0.708. The van der Waals surface area contributed by atoms with Crippen molar-refractivity contribution in [3.8, 4) is 11.3 Å². The Morgan fingerprint density at radius 3 is 2.75 bits per heavy atom. The van der Waals surface area contributed by atoms with Crippen molar-refractivity contribution in [2.75, 3.05) is 11.1 Å². The fraction of sp³-hybridized carbons (Fsp3) is 0. The van der Waals surface area contributed by atoms with Crippen LogP contribution in [0.15, 0.2) is 34.9 Å². The second-order valence-electron chi connectivity index (χ2n) is 3.15. The van der Waals surface area contributed by atoms with Gasteiger partial charge in [-0.2, -0.15) is 0 Å². The van der Waals surface area contributed by atoms with Gasteiger partial charge in [-0.1, -0.05) is 23.4 Å². The lowest BCUT2D eigenvalue weighted by Crippen LogP contribution is -2.19. The van der Waals surface area contributed by atoms with E-state index in [2.05, 4.69) is 10.5 Å². The maximum Gasteiger partial charge on any atom is 0.316 e. The number of primary amides is 1. The average Bonchev–Trinajstić information content (AvgIpc) is 2.65. The minimum absolute atomic E-state index is 0.212. The Kier molecular flexibility index (Phi) is 2.47. The summed E-state index contributed by atoms with van der Waals surface area (Å²) in [4.78, 5) is 10.8. The van der Waals surface area contributed by atoms with Crippen LogP contribution < -0.4 is 16.8 Å². The number of nitrogen functional groups attached to an aromatic ring is 1. The number of nitrogens with two attached hydrogens (primary N) is 2. The van der Waals surface area contributed by atoms with Gasteiger partial charge in [0.2, 0.25) is 5.88 Å². The summed E-state index contributed by atoms with van der Waals surface area (Å²) < 4.78 is 4.76. The first-order chi connectivity index (χ1) is 7.66. The molecular formula is C10H10N4O2. The van der Waals surface area contributed by atoms with E-state index in [0.717, 1.165) is 0 Å². The van der Waals surface area contributed by atoms with Crippen molar-refractivity contribution in [3.05, 3.63) is 30.3 Å². The van der Waals surface area contributed by atoms with E-state index < -0.39 is 6.03 Å². The Morgan fingerprint density at radius 1 is 1.38 bits per heavy atom. The van der Waals surface area contributed by atoms with Gasteiger partial charge in [-0.15, -0.1) is 0 Å². The molecule has 0 saturated carbocycles. The number of hydrogen-bond acceptors (Lipinski definition) is 4. The second-order valence-corrected chi connectivity index (χ2v) is 3.15. The number of nitrogens with zero attached hydrogens (tertiary/aromatic N) is 1. The molecule has 0 fully saturated rings. The number of benzene rings is 1. The fourth-order valence-corrected chi connectivity index (χ4v) is 1.36. The Hall–Kier alpha value is -2.50. The van der Waals surface area contributed by atoms with E-state index in [1.165, 1.54) is 0 Å². The van der Waals surface area contributed by atoms with Gasteiger partial charge in [-0.05, 0) is 6.07 Å². The molecular weight excluding hydrogens is 208 g/mol. The summed E-state index contributed by atoms with van der Waals surface area (Å²) in [5, 5.41) is 6.26. The number of nitrogens with one attached hydrogen (secondary N) is 1. The lowest BCUT2D eigenvalue weighted by atomic mass is 10.1. The first-order valence-electron chi connectivity index (χ1n) is 4.55. The van der Waals surface area contributed by atoms with E-state index >= 15 is 0 Å². The van der Waals surface area contributed by atoms with Crippen molar-refractivity contribution >= 4 is 17.6 Å². The fourth-order valence-electron chi connectivity index (χ4n) is 1.36. The van der Waals surface area contributed by atoms with Gasteiger partial charge < -0.3 is 21.3 Å². The number of carbonyl (C=O) groups is 1. The minimum Gasteiger partial charge on any atom is -0.368 e. The number of anilines is 2. The van der Waals surface area contributed by atoms with Crippen molar-refractivity contribution in [1.82, 2.24) is 5.16 Å². The molecule has 0 atom stereocenters. The zero-order valence-electron chi connectivity index (χ0n) is 8.31. The number of hydrogen-bond donors (Lipinski definition) is 3. The summed E-state index contributed by atoms with van der Waals surface area (Å²) in [6.45, 7) is 0. The third-order valence-electron chi connectivity index (χ3n) is 1.99. The van der Waals surface area contributed by atoms with Crippen molar-refractivity contribution in [3.63, 3.8) is 0 Å². The molecule has 1 aromatic carbocycles. The number of rotatable bonds is 2. The maximum absolute atomic E-state index is 10.8. The van der Waals surface area contributed by atoms with E-state index in [4.69, 9.17) is 16.0 Å². The van der Waals surface area contributed by atoms with Crippen LogP contribution in [0.3, 0.4) is 0 Å². The van der Waals surface area contributed by atoms with Gasteiger partial charge in [-0.3, -0.25) is 0 Å². The van der Waals surface area contributed by atoms with Crippen molar-refractivity contribution in [1.29, 1.82) is 0 Å². The van der Waals surface area contributed by atoms with E-state index in [-0.39, 0.29) is 5.88 Å². The molecule has 0 aliphatic heterocycles. The van der Waals surface area contributed by atoms with E-state index in [1.54, 1.807) is 24.3 Å². The normalized spacial score (nSPS) is 10.0. The number of amides is 2. The predicted octanol–water partition coefficient (Wildman–Crippen LogP) is 1.41. The molecule has 5 N–H and O–H groups in total. The molecule has 82 valence electrons. The van der Waals surface area contributed by atoms with Crippen molar-refractivity contribution in [2.24, 2.45) is 5.73 Å². The van der Waals surface area contributed by atoms with Crippen LogP contribution in [0, 0.1) is 0 Å². The topological polar surface area (TPSA) is 107 Å². The highest BCUT2D eigenvalue weighted by Gasteiger charge is 2.09. The molecule has 0 bridgehead atoms. The van der Waals surface area contributed by atoms with E-state index in [0.29, 0.717) is 16.9 Å². The standard InChI is InChI=1S/C10H10N4O2/c11-9-5-8(14-16-9)6-3-1-2-4-7(6)13-10(12)15/h1-5H,11H2,(H3,12,13,15). The zero-order valence-corrected chi connectivity index (χ0v) is 8.31. The summed E-state index contributed by atoms with van der Waals surface area (Å²) in [7, 11) is 0. The van der Waals surface area contributed by atoms with Crippen LogP contribution in [0.5, 0.6) is 0 Å². The first kappa shape index (κ1) is 10.0. The SMILES string of the molecule is NC(=O)Nc1ccccc1-c1cc(N)on1. The molecule has 2 rings (SSSR count). The lowest BCUT2D eigenvalue weighted by Gasteiger charge is -2.05. The predicted molar refractivity (Wildman–Crippen MR) is 59.6 cm³/mol. The van der Waals surface area contributed by atoms with Crippen LogP contribution in [-0.4, -0.2) is 11.2 Å². The first-order valence-corrected chi connectivity index (χ1v) is 4.55. The molecule has 0 aliphatic rings. The number of urea groups is 1. The molecule has 6 heteroatoms. The van der Waals surface area contributed by atoms with Gasteiger partial charge in [0.05, 0.1) is 5.69 Å². The van der Waals surface area contributed by atoms with Gasteiger partial charge >= 0.3 is 6.03 Å². The molecule has 2 aromatic rings. The van der Waals surface area contributed by atoms with Crippen LogP contribution in [0.25, 0.3) is 11.3 Å². The highest BCUT2D eigenvalue weighted by molar-refractivity contribution is 5.93. The van der Waals surface area contributed by atoms with Gasteiger partial charge in [0.1, 0.15) is 5.69 Å². The minimum atomic E-state index is -0.635. The average molecular weight is 218 g/mol. The molecule has 0 spiro atoms. The molecule has 1 heterocycles. The summed E-state index contributed by atoms with van der Waals surface area (Å²) in [5.74, 6) is 0.212.